The van der Waals surface area contributed by atoms with Gasteiger partial charge in [0.25, 0.3) is 0 Å². The second-order valence-corrected chi connectivity index (χ2v) is 7.23. The Hall–Kier alpha value is -0.910. The number of hydrogen-bond acceptors (Lipinski definition) is 7. The van der Waals surface area contributed by atoms with E-state index in [2.05, 4.69) is 15.9 Å². The van der Waals surface area contributed by atoms with Gasteiger partial charge in [0, 0.05) is 11.6 Å². The number of ether oxygens (including phenoxy) is 1. The van der Waals surface area contributed by atoms with Crippen molar-refractivity contribution in [3.05, 3.63) is 30.5 Å². The first kappa shape index (κ1) is 17.9. The lowest BCUT2D eigenvalue weighted by molar-refractivity contribution is -0.357. The maximum absolute atomic E-state index is 11.1. The Morgan fingerprint density at radius 1 is 1.25 bits per heavy atom. The van der Waals surface area contributed by atoms with Crippen molar-refractivity contribution in [1.82, 2.24) is 4.57 Å². The third kappa shape index (κ3) is 2.28. The van der Waals surface area contributed by atoms with Gasteiger partial charge in [-0.25, -0.2) is 0 Å². The van der Waals surface area contributed by atoms with Crippen LogP contribution in [0.4, 0.5) is 0 Å². The number of halogens is 2. The summed E-state index contributed by atoms with van der Waals surface area (Å²) in [5.41, 5.74) is -4.18. The molecule has 1 aromatic heterocycles. The summed E-state index contributed by atoms with van der Waals surface area (Å²) in [7, 11) is 0. The van der Waals surface area contributed by atoms with Gasteiger partial charge in [0.15, 0.2) is 22.5 Å². The quantitative estimate of drug-likeness (QED) is 0.365. The van der Waals surface area contributed by atoms with Gasteiger partial charge in [-0.1, -0.05) is 23.7 Å². The van der Waals surface area contributed by atoms with Gasteiger partial charge in [-0.3, -0.25) is 0 Å². The number of rotatable bonds is 2. The van der Waals surface area contributed by atoms with Crippen molar-refractivity contribution >= 4 is 38.4 Å². The summed E-state index contributed by atoms with van der Waals surface area (Å²) in [6.45, 7) is 0. The number of aliphatic hydroxyl groups is 5. The number of nitrogens with zero attached hydrogens (tertiary/aromatic N) is 1. The SMILES string of the molecule is Oc1cn([C@]2(O)[C@@H](O)[C@@](Br)(C(O)Cl)O[C@@H](O)[C@@H]2O)c2ccccc12. The summed E-state index contributed by atoms with van der Waals surface area (Å²) < 4.78 is 3.77. The Morgan fingerprint density at radius 3 is 2.50 bits per heavy atom. The summed E-state index contributed by atoms with van der Waals surface area (Å²) in [6.07, 6.45) is -4.94. The van der Waals surface area contributed by atoms with Gasteiger partial charge in [0.2, 0.25) is 5.72 Å². The van der Waals surface area contributed by atoms with E-state index < -0.39 is 34.3 Å². The summed E-state index contributed by atoms with van der Waals surface area (Å²) in [5.74, 6) is -0.217. The highest BCUT2D eigenvalue weighted by Crippen LogP contribution is 2.47. The number of benzene rings is 1. The monoisotopic (exact) mass is 423 g/mol. The number of fused-ring (bicyclic) bond motifs is 1. The van der Waals surface area contributed by atoms with E-state index in [9.17, 15) is 30.6 Å². The summed E-state index contributed by atoms with van der Waals surface area (Å²) in [6, 6.07) is 6.37. The Morgan fingerprint density at radius 2 is 1.88 bits per heavy atom. The van der Waals surface area contributed by atoms with Crippen LogP contribution >= 0.6 is 27.5 Å². The highest BCUT2D eigenvalue weighted by molar-refractivity contribution is 9.10. The highest BCUT2D eigenvalue weighted by atomic mass is 79.9. The Kier molecular flexibility index (Phi) is 4.34. The van der Waals surface area contributed by atoms with E-state index in [0.29, 0.717) is 5.39 Å². The molecule has 1 saturated heterocycles. The number of alkyl halides is 2. The fourth-order valence-electron chi connectivity index (χ4n) is 2.89. The maximum atomic E-state index is 11.1. The van der Waals surface area contributed by atoms with Crippen LogP contribution in [0.2, 0.25) is 0 Å². The summed E-state index contributed by atoms with van der Waals surface area (Å²) >= 11 is 8.48. The van der Waals surface area contributed by atoms with Gasteiger partial charge in [-0.15, -0.1) is 0 Å². The van der Waals surface area contributed by atoms with Gasteiger partial charge in [-0.2, -0.15) is 0 Å². The predicted octanol–water partition coefficient (Wildman–Crippen LogP) is -0.289. The standard InChI is InChI=1S/C14H15BrClNO7/c15-13(12(16)22)11(21)14(23,9(19)10(20)24-13)17-5-8(18)6-3-1-2-4-7(6)17/h1-5,9-12,18-23H/t9-,10+,11-,12?,13-,14+/m0/s1. The van der Waals surface area contributed by atoms with Gasteiger partial charge in [0.05, 0.1) is 5.52 Å². The van der Waals surface area contributed by atoms with E-state index in [1.807, 2.05) is 0 Å². The molecule has 0 aliphatic carbocycles. The van der Waals surface area contributed by atoms with E-state index in [1.54, 1.807) is 18.2 Å². The van der Waals surface area contributed by atoms with E-state index in [0.717, 1.165) is 10.8 Å². The lowest BCUT2D eigenvalue weighted by atomic mass is 9.91. The second-order valence-electron chi connectivity index (χ2n) is 5.57. The number of aliphatic hydroxyl groups excluding tert-OH is 4. The number of aromatic nitrogens is 1. The topological polar surface area (TPSA) is 136 Å². The molecule has 0 radical (unpaired) electrons. The minimum Gasteiger partial charge on any atom is -0.506 e. The minimum atomic E-state index is -2.57. The first-order chi connectivity index (χ1) is 11.1. The van der Waals surface area contributed by atoms with Crippen LogP contribution in [0.25, 0.3) is 10.9 Å². The maximum Gasteiger partial charge on any atom is 0.204 e. The molecule has 1 aromatic carbocycles. The highest BCUT2D eigenvalue weighted by Gasteiger charge is 2.64. The average molecular weight is 425 g/mol. The molecule has 0 spiro atoms. The first-order valence-electron chi connectivity index (χ1n) is 6.89. The number of aromatic hydroxyl groups is 1. The molecule has 6 N–H and O–H groups in total. The normalized spacial score (nSPS) is 38.4. The van der Waals surface area contributed by atoms with E-state index in [-0.39, 0.29) is 11.3 Å². The molecule has 2 aromatic rings. The van der Waals surface area contributed by atoms with Gasteiger partial charge < -0.3 is 39.9 Å². The van der Waals surface area contributed by atoms with Gasteiger partial charge in [0.1, 0.15) is 11.9 Å². The predicted molar refractivity (Wildman–Crippen MR) is 86.4 cm³/mol. The molecule has 0 amide bonds. The van der Waals surface area contributed by atoms with Crippen molar-refractivity contribution in [2.24, 2.45) is 0 Å². The molecule has 3 rings (SSSR count). The van der Waals surface area contributed by atoms with Gasteiger partial charge in [-0.05, 0) is 28.1 Å². The zero-order valence-electron chi connectivity index (χ0n) is 12.0. The summed E-state index contributed by atoms with van der Waals surface area (Å²) in [4.78, 5) is 0. The molecule has 0 bridgehead atoms. The van der Waals surface area contributed by atoms with Crippen molar-refractivity contribution in [2.45, 2.75) is 34.3 Å². The molecule has 2 heterocycles. The molecule has 1 fully saturated rings. The van der Waals surface area contributed by atoms with Crippen molar-refractivity contribution in [2.75, 3.05) is 0 Å². The molecule has 1 unspecified atom stereocenters. The Labute approximate surface area is 149 Å². The molecular formula is C14H15BrClNO7. The molecule has 1 aliphatic rings. The molecule has 24 heavy (non-hydrogen) atoms. The van der Waals surface area contributed by atoms with Crippen LogP contribution < -0.4 is 0 Å². The number of hydrogen-bond donors (Lipinski definition) is 6. The third-order valence-electron chi connectivity index (χ3n) is 4.18. The van der Waals surface area contributed by atoms with Gasteiger partial charge >= 0.3 is 0 Å². The van der Waals surface area contributed by atoms with Crippen molar-refractivity contribution in [3.8, 4) is 5.75 Å². The molecule has 10 heteroatoms. The van der Waals surface area contributed by atoms with Crippen LogP contribution in [-0.4, -0.2) is 63.8 Å². The zero-order chi connectivity index (χ0) is 17.9. The fourth-order valence-corrected chi connectivity index (χ4v) is 3.59. The molecular weight excluding hydrogens is 410 g/mol. The van der Waals surface area contributed by atoms with Crippen molar-refractivity contribution < 1.29 is 35.4 Å². The van der Waals surface area contributed by atoms with E-state index in [1.165, 1.54) is 6.07 Å². The van der Waals surface area contributed by atoms with Crippen molar-refractivity contribution in [1.29, 1.82) is 0 Å². The Balaban J connectivity index is 2.25. The molecule has 1 aliphatic heterocycles. The minimum absolute atomic E-state index is 0.217. The van der Waals surface area contributed by atoms with Crippen LogP contribution in [0.15, 0.2) is 30.5 Å². The largest absolute Gasteiger partial charge is 0.506 e. The average Bonchev–Trinajstić information content (AvgIpc) is 2.89. The van der Waals surface area contributed by atoms with Crippen LogP contribution in [0.5, 0.6) is 5.75 Å². The van der Waals surface area contributed by atoms with Crippen molar-refractivity contribution in [3.63, 3.8) is 0 Å². The molecule has 132 valence electrons. The van der Waals surface area contributed by atoms with Crippen LogP contribution in [0.1, 0.15) is 0 Å². The first-order valence-corrected chi connectivity index (χ1v) is 8.12. The Bertz CT molecular complexity index is 771. The molecule has 0 saturated carbocycles. The van der Waals surface area contributed by atoms with E-state index in [4.69, 9.17) is 16.3 Å². The van der Waals surface area contributed by atoms with Crippen LogP contribution in [0, 0.1) is 0 Å². The van der Waals surface area contributed by atoms with Crippen LogP contribution in [0.3, 0.4) is 0 Å². The lowest BCUT2D eigenvalue weighted by Gasteiger charge is -2.51. The molecule has 6 atom stereocenters. The lowest BCUT2D eigenvalue weighted by Crippen LogP contribution is -2.72. The van der Waals surface area contributed by atoms with E-state index >= 15 is 0 Å². The molecule has 8 nitrogen and oxygen atoms in total. The fraction of sp³-hybridized carbons (Fsp3) is 0.429. The third-order valence-corrected chi connectivity index (χ3v) is 5.83. The zero-order valence-corrected chi connectivity index (χ0v) is 14.3. The summed E-state index contributed by atoms with van der Waals surface area (Å²) in [5, 5.41) is 61.9. The second kappa shape index (κ2) is 5.82. The number of para-hydroxylation sites is 1. The van der Waals surface area contributed by atoms with Crippen LogP contribution in [-0.2, 0) is 10.5 Å². The smallest absolute Gasteiger partial charge is 0.204 e.